The number of hydrogen-bond acceptors (Lipinski definition) is 8. The second kappa shape index (κ2) is 12.1. The van der Waals surface area contributed by atoms with E-state index in [9.17, 15) is 4.79 Å². The van der Waals surface area contributed by atoms with Crippen molar-refractivity contribution >= 4 is 11.8 Å². The van der Waals surface area contributed by atoms with E-state index in [1.165, 1.54) is 10.9 Å². The van der Waals surface area contributed by atoms with Gasteiger partial charge in [0, 0.05) is 20.8 Å². The van der Waals surface area contributed by atoms with E-state index < -0.39 is 5.97 Å². The Bertz CT molecular complexity index is 393. The van der Waals surface area contributed by atoms with Gasteiger partial charge in [-0.05, 0) is 6.92 Å². The number of esters is 1. The van der Waals surface area contributed by atoms with Crippen molar-refractivity contribution in [2.45, 2.75) is 13.5 Å². The molecule has 0 fully saturated rings. The van der Waals surface area contributed by atoms with Gasteiger partial charge < -0.3 is 19.9 Å². The van der Waals surface area contributed by atoms with E-state index in [4.69, 9.17) is 21.1 Å². The molecule has 1 aromatic rings. The van der Waals surface area contributed by atoms with Gasteiger partial charge in [-0.15, -0.1) is 0 Å². The molecular weight excluding hydrogens is 278 g/mol. The lowest BCUT2D eigenvalue weighted by Crippen LogP contribution is -2.25. The number of rotatable bonds is 8. The van der Waals surface area contributed by atoms with Gasteiger partial charge in [-0.2, -0.15) is 5.10 Å². The number of nitrogens with one attached hydrogen (secondary N) is 1. The van der Waals surface area contributed by atoms with Crippen LogP contribution in [0.3, 0.4) is 0 Å². The number of nitrogens with zero attached hydrogens (tertiary/aromatic N) is 2. The summed E-state index contributed by atoms with van der Waals surface area (Å²) >= 11 is 0. The summed E-state index contributed by atoms with van der Waals surface area (Å²) in [6.07, 6.45) is 1.41. The topological polar surface area (TPSA) is 127 Å². The molecule has 122 valence electrons. The minimum absolute atomic E-state index is 0.299. The van der Waals surface area contributed by atoms with Crippen LogP contribution in [0.25, 0.3) is 0 Å². The lowest BCUT2D eigenvalue weighted by Gasteiger charge is -2.04. The van der Waals surface area contributed by atoms with E-state index in [0.717, 1.165) is 6.54 Å². The van der Waals surface area contributed by atoms with Crippen molar-refractivity contribution in [3.63, 3.8) is 0 Å². The zero-order valence-corrected chi connectivity index (χ0v) is 12.8. The first-order chi connectivity index (χ1) is 10.1. The number of nitrogen functional groups attached to an aromatic ring is 1. The maximum absolute atomic E-state index is 11.4. The molecule has 0 aliphatic rings. The number of nitrogens with two attached hydrogens (primary N) is 2. The van der Waals surface area contributed by atoms with Crippen LogP contribution in [0.2, 0.25) is 0 Å². The molecule has 0 spiro atoms. The Balaban J connectivity index is 0.000000567. The van der Waals surface area contributed by atoms with Crippen molar-refractivity contribution < 1.29 is 19.0 Å². The highest BCUT2D eigenvalue weighted by Crippen LogP contribution is 2.12. The third-order valence-corrected chi connectivity index (χ3v) is 2.33. The summed E-state index contributed by atoms with van der Waals surface area (Å²) in [6, 6.07) is 0. The fourth-order valence-electron chi connectivity index (χ4n) is 1.28. The second-order valence-electron chi connectivity index (χ2n) is 3.83. The van der Waals surface area contributed by atoms with Crippen LogP contribution in [0.15, 0.2) is 6.20 Å². The molecule has 0 atom stereocenters. The maximum atomic E-state index is 11.4. The highest BCUT2D eigenvalue weighted by molar-refractivity contribution is 5.93. The molecular formula is C12H25N5O4. The second-order valence-corrected chi connectivity index (χ2v) is 3.83. The molecule has 0 radical (unpaired) electrons. The van der Waals surface area contributed by atoms with Gasteiger partial charge in [0.25, 0.3) is 0 Å². The number of hydrogen-bond donors (Lipinski definition) is 3. The number of methoxy groups -OCH3 is 2. The summed E-state index contributed by atoms with van der Waals surface area (Å²) in [5.74, 6) is 4.75. The van der Waals surface area contributed by atoms with Crippen LogP contribution in [0.1, 0.15) is 17.3 Å². The van der Waals surface area contributed by atoms with Crippen LogP contribution in [-0.2, 0) is 20.8 Å². The first kappa shape index (κ1) is 19.3. The Morgan fingerprint density at radius 3 is 2.52 bits per heavy atom. The first-order valence-corrected chi connectivity index (χ1v) is 6.52. The Kier molecular flexibility index (Phi) is 11.1. The number of aromatic nitrogens is 2. The standard InChI is InChI=1S/C9H15N3O3.C3H10N2O/c1-3-15-9(13)7-6-11-12(8(7)10)4-5-14-2;1-6-3-2-5-4/h6H,3-5,10H2,1-2H3;5H,2-4H2,1H3. The number of hydrazine groups is 1. The summed E-state index contributed by atoms with van der Waals surface area (Å²) in [4.78, 5) is 11.4. The average molecular weight is 303 g/mol. The molecule has 0 saturated heterocycles. The van der Waals surface area contributed by atoms with Crippen molar-refractivity contribution in [3.05, 3.63) is 11.8 Å². The van der Waals surface area contributed by atoms with Gasteiger partial charge in [-0.1, -0.05) is 0 Å². The number of ether oxygens (including phenoxy) is 3. The number of anilines is 1. The van der Waals surface area contributed by atoms with E-state index in [1.807, 2.05) is 0 Å². The molecule has 5 N–H and O–H groups in total. The van der Waals surface area contributed by atoms with Gasteiger partial charge in [0.05, 0.1) is 32.6 Å². The Morgan fingerprint density at radius 2 is 2.05 bits per heavy atom. The molecule has 1 rings (SSSR count). The Labute approximate surface area is 124 Å². The third kappa shape index (κ3) is 7.61. The van der Waals surface area contributed by atoms with Crippen LogP contribution < -0.4 is 17.0 Å². The third-order valence-electron chi connectivity index (χ3n) is 2.33. The summed E-state index contributed by atoms with van der Waals surface area (Å²) in [7, 11) is 3.23. The average Bonchev–Trinajstić information content (AvgIpc) is 2.85. The summed E-state index contributed by atoms with van der Waals surface area (Å²) in [5.41, 5.74) is 8.46. The van der Waals surface area contributed by atoms with Gasteiger partial charge in [0.1, 0.15) is 11.4 Å². The van der Waals surface area contributed by atoms with Crippen molar-refractivity contribution in [3.8, 4) is 0 Å². The monoisotopic (exact) mass is 303 g/mol. The molecule has 9 nitrogen and oxygen atoms in total. The molecule has 0 amide bonds. The maximum Gasteiger partial charge on any atom is 0.343 e. The van der Waals surface area contributed by atoms with Crippen LogP contribution in [-0.4, -0.2) is 56.3 Å². The highest BCUT2D eigenvalue weighted by atomic mass is 16.5. The number of carbonyl (C=O) groups excluding carboxylic acids is 1. The molecule has 0 aliphatic heterocycles. The predicted molar refractivity (Wildman–Crippen MR) is 78.5 cm³/mol. The predicted octanol–water partition coefficient (Wildman–Crippen LogP) is -0.615. The largest absolute Gasteiger partial charge is 0.462 e. The van der Waals surface area contributed by atoms with Crippen LogP contribution in [0.4, 0.5) is 5.82 Å². The number of carbonyl (C=O) groups is 1. The van der Waals surface area contributed by atoms with Gasteiger partial charge in [-0.3, -0.25) is 11.3 Å². The Morgan fingerprint density at radius 1 is 1.38 bits per heavy atom. The van der Waals surface area contributed by atoms with Crippen molar-refractivity contribution in [1.29, 1.82) is 0 Å². The molecule has 1 heterocycles. The van der Waals surface area contributed by atoms with Crippen molar-refractivity contribution in [2.75, 3.05) is 46.3 Å². The van der Waals surface area contributed by atoms with E-state index >= 15 is 0 Å². The molecule has 1 aromatic heterocycles. The molecule has 0 saturated carbocycles. The fraction of sp³-hybridized carbons (Fsp3) is 0.667. The van der Waals surface area contributed by atoms with Crippen LogP contribution in [0.5, 0.6) is 0 Å². The smallest absolute Gasteiger partial charge is 0.343 e. The van der Waals surface area contributed by atoms with Gasteiger partial charge in [-0.25, -0.2) is 9.48 Å². The highest BCUT2D eigenvalue weighted by Gasteiger charge is 2.15. The zero-order chi connectivity index (χ0) is 16.1. The minimum atomic E-state index is -0.446. The summed E-state index contributed by atoms with van der Waals surface area (Å²) < 4.78 is 15.9. The van der Waals surface area contributed by atoms with Crippen molar-refractivity contribution in [2.24, 2.45) is 5.84 Å². The normalized spacial score (nSPS) is 9.90. The van der Waals surface area contributed by atoms with E-state index in [-0.39, 0.29) is 0 Å². The fourth-order valence-corrected chi connectivity index (χ4v) is 1.28. The SMILES string of the molecule is CCOC(=O)c1cnn(CCOC)c1N.COCCNN. The molecule has 0 aliphatic carbocycles. The lowest BCUT2D eigenvalue weighted by molar-refractivity contribution is 0.0527. The van der Waals surface area contributed by atoms with E-state index in [1.54, 1.807) is 21.1 Å². The van der Waals surface area contributed by atoms with Crippen LogP contribution >= 0.6 is 0 Å². The molecule has 0 unspecified atom stereocenters. The van der Waals surface area contributed by atoms with Crippen molar-refractivity contribution in [1.82, 2.24) is 15.2 Å². The van der Waals surface area contributed by atoms with Gasteiger partial charge >= 0.3 is 5.97 Å². The van der Waals surface area contributed by atoms with Gasteiger partial charge in [0.2, 0.25) is 0 Å². The molecule has 0 aromatic carbocycles. The summed E-state index contributed by atoms with van der Waals surface area (Å²) in [6.45, 7) is 4.47. The van der Waals surface area contributed by atoms with E-state index in [2.05, 4.69) is 15.3 Å². The molecule has 21 heavy (non-hydrogen) atoms. The first-order valence-electron chi connectivity index (χ1n) is 6.52. The molecule has 0 bridgehead atoms. The summed E-state index contributed by atoms with van der Waals surface area (Å²) in [5, 5.41) is 3.97. The zero-order valence-electron chi connectivity index (χ0n) is 12.8. The minimum Gasteiger partial charge on any atom is -0.462 e. The van der Waals surface area contributed by atoms with Gasteiger partial charge in [0.15, 0.2) is 0 Å². The Hall–Kier alpha value is -1.68. The quantitative estimate of drug-likeness (QED) is 0.251. The van der Waals surface area contributed by atoms with E-state index in [0.29, 0.717) is 37.7 Å². The van der Waals surface area contributed by atoms with Crippen LogP contribution in [0, 0.1) is 0 Å². The molecule has 9 heteroatoms. The lowest BCUT2D eigenvalue weighted by atomic mass is 10.3.